The van der Waals surface area contributed by atoms with Crippen molar-refractivity contribution in [2.75, 3.05) is 4.90 Å². The van der Waals surface area contributed by atoms with Gasteiger partial charge in [0.2, 0.25) is 5.91 Å². The highest BCUT2D eigenvalue weighted by molar-refractivity contribution is 6.00. The van der Waals surface area contributed by atoms with Crippen LogP contribution in [0.5, 0.6) is 0 Å². The Bertz CT molecular complexity index is 480. The van der Waals surface area contributed by atoms with Crippen LogP contribution in [-0.2, 0) is 4.79 Å². The predicted octanol–water partition coefficient (Wildman–Crippen LogP) is 1.10. The van der Waals surface area contributed by atoms with Crippen molar-refractivity contribution in [3.63, 3.8) is 0 Å². The highest BCUT2D eigenvalue weighted by atomic mass is 16.3. The number of para-hydroxylation sites is 1. The summed E-state index contributed by atoms with van der Waals surface area (Å²) in [5.41, 5.74) is 7.34. The molecule has 0 bridgehead atoms. The molecule has 1 aliphatic heterocycles. The van der Waals surface area contributed by atoms with Crippen molar-refractivity contribution < 1.29 is 9.90 Å². The lowest BCUT2D eigenvalue weighted by molar-refractivity contribution is -0.115. The summed E-state index contributed by atoms with van der Waals surface area (Å²) < 4.78 is 0. The van der Waals surface area contributed by atoms with Crippen LogP contribution < -0.4 is 10.6 Å². The van der Waals surface area contributed by atoms with E-state index in [9.17, 15) is 9.90 Å². The Hall–Kier alpha value is -1.81. The minimum absolute atomic E-state index is 0.0780. The number of hydrogen-bond donors (Lipinski definition) is 2. The number of carbonyl (C=O) groups excluding carboxylic acids is 1. The first-order chi connectivity index (χ1) is 8.02. The molecular weight excluding hydrogens is 216 g/mol. The third-order valence-corrected chi connectivity index (χ3v) is 2.91. The number of hydrogen-bond acceptors (Lipinski definition) is 3. The van der Waals surface area contributed by atoms with E-state index in [4.69, 9.17) is 5.73 Å². The van der Waals surface area contributed by atoms with Gasteiger partial charge < -0.3 is 15.7 Å². The lowest BCUT2D eigenvalue weighted by atomic mass is 9.99. The van der Waals surface area contributed by atoms with Crippen LogP contribution in [0.1, 0.15) is 19.4 Å². The summed E-state index contributed by atoms with van der Waals surface area (Å²) >= 11 is 0. The van der Waals surface area contributed by atoms with Crippen molar-refractivity contribution in [3.8, 4) is 0 Å². The molecule has 2 rings (SSSR count). The van der Waals surface area contributed by atoms with Crippen molar-refractivity contribution in [1.29, 1.82) is 0 Å². The normalized spacial score (nSPS) is 18.9. The topological polar surface area (TPSA) is 66.6 Å². The molecule has 0 aromatic heterocycles. The molecule has 0 aliphatic carbocycles. The molecule has 1 amide bonds. The average Bonchev–Trinajstić information content (AvgIpc) is 2.27. The Morgan fingerprint density at radius 3 is 2.65 bits per heavy atom. The number of amides is 1. The number of benzene rings is 1. The van der Waals surface area contributed by atoms with Crippen LogP contribution in [0.15, 0.2) is 29.8 Å². The van der Waals surface area contributed by atoms with Crippen LogP contribution >= 0.6 is 0 Å². The van der Waals surface area contributed by atoms with Gasteiger partial charge in [-0.2, -0.15) is 0 Å². The average molecular weight is 232 g/mol. The summed E-state index contributed by atoms with van der Waals surface area (Å²) in [4.78, 5) is 13.1. The van der Waals surface area contributed by atoms with Gasteiger partial charge in [0.25, 0.3) is 0 Å². The second-order valence-electron chi connectivity index (χ2n) is 4.40. The number of primary amides is 1. The maximum Gasteiger partial charge on any atom is 0.249 e. The summed E-state index contributed by atoms with van der Waals surface area (Å²) in [5, 5.41) is 10.2. The molecule has 4 nitrogen and oxygen atoms in total. The molecule has 0 saturated heterocycles. The summed E-state index contributed by atoms with van der Waals surface area (Å²) in [5.74, 6) is -0.586. The monoisotopic (exact) mass is 232 g/mol. The third-order valence-electron chi connectivity index (χ3n) is 2.91. The molecule has 90 valence electrons. The number of nitrogens with zero attached hydrogens (tertiary/aromatic N) is 1. The molecule has 0 radical (unpaired) electrons. The van der Waals surface area contributed by atoms with E-state index in [1.54, 1.807) is 11.0 Å². The second kappa shape index (κ2) is 4.22. The Labute approximate surface area is 100 Å². The van der Waals surface area contributed by atoms with Gasteiger partial charge in [-0.3, -0.25) is 4.79 Å². The van der Waals surface area contributed by atoms with Gasteiger partial charge in [-0.1, -0.05) is 18.2 Å². The molecule has 17 heavy (non-hydrogen) atoms. The van der Waals surface area contributed by atoms with Crippen LogP contribution in [0.2, 0.25) is 0 Å². The van der Waals surface area contributed by atoms with Crippen LogP contribution in [0.25, 0.3) is 6.08 Å². The summed E-state index contributed by atoms with van der Waals surface area (Å²) in [7, 11) is 0. The van der Waals surface area contributed by atoms with E-state index in [1.165, 1.54) is 0 Å². The molecular formula is C13H16N2O2. The third kappa shape index (κ3) is 1.91. The zero-order valence-electron chi connectivity index (χ0n) is 9.92. The van der Waals surface area contributed by atoms with Crippen LogP contribution in [0, 0.1) is 0 Å². The van der Waals surface area contributed by atoms with E-state index in [1.807, 2.05) is 38.1 Å². The number of rotatable bonds is 2. The number of anilines is 1. The lowest BCUT2D eigenvalue weighted by Gasteiger charge is -2.38. The van der Waals surface area contributed by atoms with Crippen molar-refractivity contribution in [2.45, 2.75) is 26.1 Å². The van der Waals surface area contributed by atoms with Gasteiger partial charge in [0.1, 0.15) is 0 Å². The Kier molecular flexibility index (Phi) is 2.90. The molecule has 0 spiro atoms. The maximum atomic E-state index is 11.3. The second-order valence-corrected chi connectivity index (χ2v) is 4.40. The van der Waals surface area contributed by atoms with E-state index in [-0.39, 0.29) is 11.6 Å². The predicted molar refractivity (Wildman–Crippen MR) is 67.2 cm³/mol. The number of fused-ring (bicyclic) bond motifs is 1. The van der Waals surface area contributed by atoms with Crippen LogP contribution in [0.3, 0.4) is 0 Å². The van der Waals surface area contributed by atoms with Crippen molar-refractivity contribution in [2.24, 2.45) is 5.73 Å². The van der Waals surface area contributed by atoms with E-state index in [0.29, 0.717) is 0 Å². The van der Waals surface area contributed by atoms with Gasteiger partial charge in [-0.25, -0.2) is 0 Å². The molecule has 1 aliphatic rings. The van der Waals surface area contributed by atoms with Gasteiger partial charge in [0.15, 0.2) is 6.23 Å². The van der Waals surface area contributed by atoms with Crippen molar-refractivity contribution in [1.82, 2.24) is 0 Å². The van der Waals surface area contributed by atoms with E-state index >= 15 is 0 Å². The van der Waals surface area contributed by atoms with E-state index in [0.717, 1.165) is 11.3 Å². The summed E-state index contributed by atoms with van der Waals surface area (Å²) in [6.45, 7) is 3.92. The molecule has 1 aromatic carbocycles. The Morgan fingerprint density at radius 1 is 1.41 bits per heavy atom. The molecule has 0 saturated carbocycles. The standard InChI is InChI=1S/C13H16N2O2/c1-8(2)15-11-6-4-3-5-9(11)7-10(12(14)16)13(15)17/h3-8,13,17H,1-2H3,(H2,14,16). The van der Waals surface area contributed by atoms with Crippen LogP contribution in [0.4, 0.5) is 5.69 Å². The van der Waals surface area contributed by atoms with Gasteiger partial charge in [0.05, 0.1) is 5.57 Å². The fourth-order valence-electron chi connectivity index (χ4n) is 2.13. The van der Waals surface area contributed by atoms with Gasteiger partial charge in [-0.15, -0.1) is 0 Å². The highest BCUT2D eigenvalue weighted by Gasteiger charge is 2.30. The SMILES string of the molecule is CC(C)N1c2ccccc2C=C(C(N)=O)C1O. The Balaban J connectivity index is 2.58. The number of aliphatic hydroxyl groups is 1. The lowest BCUT2D eigenvalue weighted by Crippen LogP contribution is -2.46. The first-order valence-corrected chi connectivity index (χ1v) is 5.59. The summed E-state index contributed by atoms with van der Waals surface area (Å²) in [6.07, 6.45) is 0.684. The van der Waals surface area contributed by atoms with Gasteiger partial charge in [0, 0.05) is 11.7 Å². The molecule has 1 heterocycles. The zero-order valence-corrected chi connectivity index (χ0v) is 9.92. The van der Waals surface area contributed by atoms with Crippen LogP contribution in [-0.4, -0.2) is 23.3 Å². The van der Waals surface area contributed by atoms with Crippen molar-refractivity contribution >= 4 is 17.7 Å². The van der Waals surface area contributed by atoms with Gasteiger partial charge >= 0.3 is 0 Å². The quantitative estimate of drug-likeness (QED) is 0.802. The number of aliphatic hydroxyl groups excluding tert-OH is 1. The maximum absolute atomic E-state index is 11.3. The first kappa shape index (κ1) is 11.7. The largest absolute Gasteiger partial charge is 0.369 e. The highest BCUT2D eigenvalue weighted by Crippen LogP contribution is 2.32. The van der Waals surface area contributed by atoms with Gasteiger partial charge in [-0.05, 0) is 31.6 Å². The molecule has 0 fully saturated rings. The van der Waals surface area contributed by atoms with E-state index in [2.05, 4.69) is 0 Å². The minimum atomic E-state index is -0.970. The number of carbonyl (C=O) groups is 1. The molecule has 1 atom stereocenters. The zero-order chi connectivity index (χ0) is 12.6. The molecule has 4 heteroatoms. The first-order valence-electron chi connectivity index (χ1n) is 5.59. The van der Waals surface area contributed by atoms with E-state index < -0.39 is 12.1 Å². The fraction of sp³-hybridized carbons (Fsp3) is 0.308. The Morgan fingerprint density at radius 2 is 2.06 bits per heavy atom. The van der Waals surface area contributed by atoms with Crippen molar-refractivity contribution in [3.05, 3.63) is 35.4 Å². The molecule has 3 N–H and O–H groups in total. The fourth-order valence-corrected chi connectivity index (χ4v) is 2.13. The molecule has 1 unspecified atom stereocenters. The minimum Gasteiger partial charge on any atom is -0.369 e. The number of nitrogens with two attached hydrogens (primary N) is 1. The summed E-state index contributed by atoms with van der Waals surface area (Å²) in [6, 6.07) is 7.70. The smallest absolute Gasteiger partial charge is 0.249 e. The molecule has 1 aromatic rings.